The van der Waals surface area contributed by atoms with E-state index in [1.807, 2.05) is 0 Å². The molecule has 0 atom stereocenters. The highest BCUT2D eigenvalue weighted by Crippen LogP contribution is 2.30. The smallest absolute Gasteiger partial charge is 0.216 e. The molecule has 2 rings (SSSR count). The molecule has 0 saturated carbocycles. The third kappa shape index (κ3) is 3.23. The molecule has 0 fully saturated rings. The van der Waals surface area contributed by atoms with Gasteiger partial charge in [0.05, 0.1) is 21.3 Å². The van der Waals surface area contributed by atoms with Crippen LogP contribution in [0, 0.1) is 4.77 Å². The zero-order valence-electron chi connectivity index (χ0n) is 10.5. The first-order valence-corrected chi connectivity index (χ1v) is 7.43. The van der Waals surface area contributed by atoms with Crippen LogP contribution in [0.1, 0.15) is 24.7 Å². The van der Waals surface area contributed by atoms with Gasteiger partial charge in [-0.2, -0.15) is 14.9 Å². The van der Waals surface area contributed by atoms with Crippen molar-refractivity contribution in [2.45, 2.75) is 19.8 Å². The monoisotopic (exact) mass is 348 g/mol. The molecule has 106 valence electrons. The van der Waals surface area contributed by atoms with Crippen LogP contribution < -0.4 is 0 Å². The van der Waals surface area contributed by atoms with E-state index in [0.717, 1.165) is 18.7 Å². The second-order valence-electron chi connectivity index (χ2n) is 4.01. The topological polar surface area (TPSA) is 46.0 Å². The Morgan fingerprint density at radius 2 is 2.05 bits per heavy atom. The molecule has 20 heavy (non-hydrogen) atoms. The maximum atomic E-state index is 6.11. The molecule has 1 heterocycles. The van der Waals surface area contributed by atoms with Crippen LogP contribution >= 0.6 is 47.0 Å². The molecule has 4 nitrogen and oxygen atoms in total. The van der Waals surface area contributed by atoms with E-state index in [1.165, 1.54) is 6.21 Å². The largest absolute Gasteiger partial charge is 0.250 e. The summed E-state index contributed by atoms with van der Waals surface area (Å²) in [5.41, 5.74) is 0.548. The number of nitrogens with zero attached hydrogens (tertiary/aromatic N) is 3. The summed E-state index contributed by atoms with van der Waals surface area (Å²) in [7, 11) is 0. The molecule has 0 spiro atoms. The SMILES string of the molecule is CCCc1n[nH]c(=S)n1/N=C/c1c(Cl)ccc(Cl)c1Cl. The quantitative estimate of drug-likeness (QED) is 0.492. The highest BCUT2D eigenvalue weighted by atomic mass is 35.5. The van der Waals surface area contributed by atoms with Crippen molar-refractivity contribution in [1.29, 1.82) is 0 Å². The Labute approximate surface area is 136 Å². The van der Waals surface area contributed by atoms with Crippen molar-refractivity contribution >= 4 is 53.2 Å². The minimum absolute atomic E-state index is 0.356. The maximum absolute atomic E-state index is 6.11. The van der Waals surface area contributed by atoms with Gasteiger partial charge in [0.2, 0.25) is 4.77 Å². The summed E-state index contributed by atoms with van der Waals surface area (Å²) < 4.78 is 1.96. The van der Waals surface area contributed by atoms with E-state index >= 15 is 0 Å². The lowest BCUT2D eigenvalue weighted by atomic mass is 10.2. The van der Waals surface area contributed by atoms with Crippen molar-refractivity contribution in [3.05, 3.63) is 43.4 Å². The Hall–Kier alpha value is -0.880. The molecular weight excluding hydrogens is 339 g/mol. The van der Waals surface area contributed by atoms with Crippen LogP contribution in [0.15, 0.2) is 17.2 Å². The predicted octanol–water partition coefficient (Wildman–Crippen LogP) is 4.74. The van der Waals surface area contributed by atoms with Gasteiger partial charge in [0.15, 0.2) is 5.82 Å². The normalized spacial score (nSPS) is 11.4. The van der Waals surface area contributed by atoms with Gasteiger partial charge >= 0.3 is 0 Å². The predicted molar refractivity (Wildman–Crippen MR) is 85.9 cm³/mol. The molecule has 0 unspecified atom stereocenters. The van der Waals surface area contributed by atoms with Crippen LogP contribution in [0.25, 0.3) is 0 Å². The Morgan fingerprint density at radius 1 is 1.35 bits per heavy atom. The molecule has 1 N–H and O–H groups in total. The van der Waals surface area contributed by atoms with Crippen LogP contribution in [-0.4, -0.2) is 21.1 Å². The first-order chi connectivity index (χ1) is 9.54. The molecule has 0 radical (unpaired) electrons. The van der Waals surface area contributed by atoms with Gasteiger partial charge in [-0.1, -0.05) is 41.7 Å². The van der Waals surface area contributed by atoms with E-state index in [9.17, 15) is 0 Å². The Kier molecular flexibility index (Phi) is 5.21. The first kappa shape index (κ1) is 15.5. The molecule has 0 aliphatic carbocycles. The molecule has 0 bridgehead atoms. The number of H-pyrrole nitrogens is 1. The van der Waals surface area contributed by atoms with Crippen LogP contribution in [0.5, 0.6) is 0 Å². The third-order valence-corrected chi connectivity index (χ3v) is 3.99. The van der Waals surface area contributed by atoms with Crippen molar-refractivity contribution in [2.24, 2.45) is 5.10 Å². The van der Waals surface area contributed by atoms with Crippen molar-refractivity contribution in [1.82, 2.24) is 14.9 Å². The van der Waals surface area contributed by atoms with Gasteiger partial charge in [0.25, 0.3) is 0 Å². The molecule has 8 heteroatoms. The number of hydrogen-bond donors (Lipinski definition) is 1. The summed E-state index contributed by atoms with van der Waals surface area (Å²) in [6, 6.07) is 3.30. The van der Waals surface area contributed by atoms with Gasteiger partial charge in [-0.05, 0) is 30.8 Å². The van der Waals surface area contributed by atoms with Gasteiger partial charge in [0, 0.05) is 12.0 Å². The number of hydrogen-bond acceptors (Lipinski definition) is 3. The summed E-state index contributed by atoms with van der Waals surface area (Å²) in [5, 5.41) is 12.4. The average Bonchev–Trinajstić information content (AvgIpc) is 2.76. The van der Waals surface area contributed by atoms with Gasteiger partial charge in [-0.3, -0.25) is 5.10 Å². The lowest BCUT2D eigenvalue weighted by Crippen LogP contribution is -1.99. The fourth-order valence-corrected chi connectivity index (χ4v) is 2.44. The van der Waals surface area contributed by atoms with E-state index in [4.69, 9.17) is 47.0 Å². The molecule has 0 aliphatic rings. The summed E-state index contributed by atoms with van der Waals surface area (Å²) in [6.45, 7) is 2.05. The highest BCUT2D eigenvalue weighted by molar-refractivity contribution is 7.71. The molecular formula is C12H11Cl3N4S. The fourth-order valence-electron chi connectivity index (χ4n) is 1.61. The number of benzene rings is 1. The standard InChI is InChI=1S/C12H11Cl3N4S/c1-2-3-10-17-18-12(20)19(10)16-6-7-8(13)4-5-9(14)11(7)15/h4-6H,2-3H2,1H3,(H,18,20)/b16-6+. The summed E-state index contributed by atoms with van der Waals surface area (Å²) in [4.78, 5) is 0. The number of aromatic nitrogens is 3. The van der Waals surface area contributed by atoms with E-state index in [2.05, 4.69) is 22.2 Å². The van der Waals surface area contributed by atoms with Crippen LogP contribution in [0.4, 0.5) is 0 Å². The van der Waals surface area contributed by atoms with Gasteiger partial charge in [-0.15, -0.1) is 0 Å². The molecule has 0 amide bonds. The van der Waals surface area contributed by atoms with Gasteiger partial charge < -0.3 is 0 Å². The number of aryl methyl sites for hydroxylation is 1. The first-order valence-electron chi connectivity index (χ1n) is 5.88. The zero-order chi connectivity index (χ0) is 14.7. The van der Waals surface area contributed by atoms with E-state index in [1.54, 1.807) is 16.8 Å². The molecule has 2 aromatic rings. The second-order valence-corrected chi connectivity index (χ2v) is 5.59. The van der Waals surface area contributed by atoms with Gasteiger partial charge in [-0.25, -0.2) is 0 Å². The molecule has 1 aromatic carbocycles. The highest BCUT2D eigenvalue weighted by Gasteiger charge is 2.08. The Balaban J connectivity index is 2.42. The van der Waals surface area contributed by atoms with E-state index in [-0.39, 0.29) is 0 Å². The van der Waals surface area contributed by atoms with Crippen LogP contribution in [-0.2, 0) is 6.42 Å². The second kappa shape index (κ2) is 6.72. The summed E-state index contributed by atoms with van der Waals surface area (Å²) >= 11 is 23.3. The molecule has 1 aromatic heterocycles. The fraction of sp³-hybridized carbons (Fsp3) is 0.250. The minimum Gasteiger partial charge on any atom is -0.250 e. The van der Waals surface area contributed by atoms with Crippen molar-refractivity contribution in [3.8, 4) is 0 Å². The number of nitrogens with one attached hydrogen (secondary N) is 1. The lowest BCUT2D eigenvalue weighted by Gasteiger charge is -2.03. The Morgan fingerprint density at radius 3 is 2.75 bits per heavy atom. The lowest BCUT2D eigenvalue weighted by molar-refractivity contribution is 0.740. The summed E-state index contributed by atoms with van der Waals surface area (Å²) in [5.74, 6) is 0.753. The number of rotatable bonds is 4. The number of aromatic amines is 1. The van der Waals surface area contributed by atoms with Crippen molar-refractivity contribution in [2.75, 3.05) is 0 Å². The average molecular weight is 350 g/mol. The number of halogens is 3. The van der Waals surface area contributed by atoms with E-state index < -0.39 is 0 Å². The van der Waals surface area contributed by atoms with Crippen molar-refractivity contribution in [3.63, 3.8) is 0 Å². The minimum atomic E-state index is 0.356. The van der Waals surface area contributed by atoms with Crippen LogP contribution in [0.3, 0.4) is 0 Å². The van der Waals surface area contributed by atoms with Crippen molar-refractivity contribution < 1.29 is 0 Å². The van der Waals surface area contributed by atoms with Crippen LogP contribution in [0.2, 0.25) is 15.1 Å². The molecule has 0 saturated heterocycles. The Bertz CT molecular complexity index is 705. The van der Waals surface area contributed by atoms with Gasteiger partial charge in [0.1, 0.15) is 0 Å². The summed E-state index contributed by atoms with van der Waals surface area (Å²) in [6.07, 6.45) is 3.23. The maximum Gasteiger partial charge on any atom is 0.216 e. The molecule has 0 aliphatic heterocycles. The third-order valence-electron chi connectivity index (χ3n) is 2.57. The van der Waals surface area contributed by atoms with E-state index in [0.29, 0.717) is 25.4 Å². The zero-order valence-corrected chi connectivity index (χ0v) is 13.6.